The summed E-state index contributed by atoms with van der Waals surface area (Å²) in [5.74, 6) is -0.989. The summed E-state index contributed by atoms with van der Waals surface area (Å²) in [6.45, 7) is 1.90. The molecule has 0 amide bonds. The predicted molar refractivity (Wildman–Crippen MR) is 68.5 cm³/mol. The van der Waals surface area contributed by atoms with Crippen LogP contribution in [0.2, 0.25) is 0 Å². The molecule has 0 aliphatic heterocycles. The fourth-order valence-corrected chi connectivity index (χ4v) is 2.34. The van der Waals surface area contributed by atoms with Crippen LogP contribution in [0.5, 0.6) is 0 Å². The maximum atomic E-state index is 13.4. The molecule has 1 aromatic carbocycles. The van der Waals surface area contributed by atoms with Gasteiger partial charge in [0.05, 0.1) is 6.61 Å². The van der Waals surface area contributed by atoms with Crippen LogP contribution in [0.1, 0.15) is 30.9 Å². The minimum Gasteiger partial charge on any atom is -0.462 e. The third-order valence-electron chi connectivity index (χ3n) is 3.16. The normalized spacial score (nSPS) is 16.3. The lowest BCUT2D eigenvalue weighted by Crippen LogP contribution is -2.12. The van der Waals surface area contributed by atoms with E-state index >= 15 is 0 Å². The zero-order valence-electron chi connectivity index (χ0n) is 10.7. The van der Waals surface area contributed by atoms with Crippen molar-refractivity contribution in [1.82, 2.24) is 0 Å². The van der Waals surface area contributed by atoms with Crippen LogP contribution in [0.25, 0.3) is 5.57 Å². The number of esters is 1. The second-order valence-corrected chi connectivity index (χ2v) is 4.34. The van der Waals surface area contributed by atoms with Crippen molar-refractivity contribution in [3.8, 4) is 6.07 Å². The van der Waals surface area contributed by atoms with Gasteiger partial charge in [-0.05, 0) is 55.0 Å². The molecule has 0 heterocycles. The van der Waals surface area contributed by atoms with Crippen LogP contribution in [0.15, 0.2) is 23.8 Å². The Labute approximate surface area is 111 Å². The van der Waals surface area contributed by atoms with Crippen LogP contribution in [-0.4, -0.2) is 12.6 Å². The van der Waals surface area contributed by atoms with Crippen LogP contribution >= 0.6 is 0 Å². The number of rotatable bonds is 2. The molecule has 0 bridgehead atoms. The Morgan fingerprint density at radius 3 is 2.95 bits per heavy atom. The molecule has 0 atom stereocenters. The lowest BCUT2D eigenvalue weighted by atomic mass is 9.85. The van der Waals surface area contributed by atoms with Crippen molar-refractivity contribution < 1.29 is 13.9 Å². The first-order valence-electron chi connectivity index (χ1n) is 6.26. The first-order valence-corrected chi connectivity index (χ1v) is 6.26. The Bertz CT molecular complexity index is 584. The van der Waals surface area contributed by atoms with Gasteiger partial charge in [0, 0.05) is 0 Å². The van der Waals surface area contributed by atoms with Crippen LogP contribution in [0.3, 0.4) is 0 Å². The maximum Gasteiger partial charge on any atom is 0.349 e. The quantitative estimate of drug-likeness (QED) is 0.466. The number of carbonyl (C=O) groups is 1. The van der Waals surface area contributed by atoms with Gasteiger partial charge in [-0.2, -0.15) is 5.26 Å². The number of nitriles is 1. The van der Waals surface area contributed by atoms with Gasteiger partial charge < -0.3 is 4.74 Å². The molecule has 1 aliphatic rings. The van der Waals surface area contributed by atoms with Gasteiger partial charge >= 0.3 is 5.97 Å². The monoisotopic (exact) mass is 259 g/mol. The van der Waals surface area contributed by atoms with Gasteiger partial charge in [0.2, 0.25) is 0 Å². The highest BCUT2D eigenvalue weighted by molar-refractivity contribution is 6.02. The lowest BCUT2D eigenvalue weighted by Gasteiger charge is -2.20. The largest absolute Gasteiger partial charge is 0.462 e. The summed E-state index contributed by atoms with van der Waals surface area (Å²) in [5, 5.41) is 9.17. The molecule has 0 spiro atoms. The fraction of sp³-hybridized carbons (Fsp3) is 0.333. The van der Waals surface area contributed by atoms with Gasteiger partial charge in [-0.15, -0.1) is 0 Å². The second kappa shape index (κ2) is 5.66. The standard InChI is InChI=1S/C15H14FNO2/c1-2-19-15(18)14(9-17)12-5-3-4-10-6-7-11(16)8-13(10)12/h6-8H,2-5H2,1H3/b14-12-. The van der Waals surface area contributed by atoms with Gasteiger partial charge in [0.25, 0.3) is 0 Å². The molecule has 19 heavy (non-hydrogen) atoms. The van der Waals surface area contributed by atoms with Gasteiger partial charge in [-0.25, -0.2) is 9.18 Å². The minimum absolute atomic E-state index is 0.00611. The highest BCUT2D eigenvalue weighted by Crippen LogP contribution is 2.33. The number of allylic oxidation sites excluding steroid dienone is 1. The number of nitrogens with zero attached hydrogens (tertiary/aromatic N) is 1. The van der Waals surface area contributed by atoms with Crippen LogP contribution < -0.4 is 0 Å². The third-order valence-corrected chi connectivity index (χ3v) is 3.16. The zero-order valence-corrected chi connectivity index (χ0v) is 10.7. The van der Waals surface area contributed by atoms with Crippen molar-refractivity contribution in [3.05, 3.63) is 40.7 Å². The van der Waals surface area contributed by atoms with Crippen molar-refractivity contribution in [1.29, 1.82) is 5.26 Å². The molecule has 0 unspecified atom stereocenters. The Morgan fingerprint density at radius 2 is 2.26 bits per heavy atom. The lowest BCUT2D eigenvalue weighted by molar-refractivity contribution is -0.137. The van der Waals surface area contributed by atoms with Crippen LogP contribution in [0, 0.1) is 17.1 Å². The number of ether oxygens (including phenoxy) is 1. The van der Waals surface area contributed by atoms with E-state index in [1.807, 2.05) is 6.07 Å². The van der Waals surface area contributed by atoms with Gasteiger partial charge in [-0.3, -0.25) is 0 Å². The molecule has 0 saturated heterocycles. The number of hydrogen-bond acceptors (Lipinski definition) is 3. The van der Waals surface area contributed by atoms with E-state index in [0.717, 1.165) is 18.4 Å². The van der Waals surface area contributed by atoms with Crippen molar-refractivity contribution in [2.75, 3.05) is 6.61 Å². The average Bonchev–Trinajstić information content (AvgIpc) is 2.40. The first-order chi connectivity index (χ1) is 9.17. The summed E-state index contributed by atoms with van der Waals surface area (Å²) in [6.07, 6.45) is 2.28. The third kappa shape index (κ3) is 2.65. The number of benzene rings is 1. The highest BCUT2D eigenvalue weighted by atomic mass is 19.1. The number of aryl methyl sites for hydroxylation is 1. The summed E-state index contributed by atoms with van der Waals surface area (Å²) >= 11 is 0. The van der Waals surface area contributed by atoms with Crippen molar-refractivity contribution in [2.24, 2.45) is 0 Å². The molecule has 4 heteroatoms. The summed E-state index contributed by atoms with van der Waals surface area (Å²) in [7, 11) is 0. The fourth-order valence-electron chi connectivity index (χ4n) is 2.34. The van der Waals surface area contributed by atoms with Crippen molar-refractivity contribution >= 4 is 11.5 Å². The number of fused-ring (bicyclic) bond motifs is 1. The molecule has 0 N–H and O–H groups in total. The van der Waals surface area contributed by atoms with E-state index in [4.69, 9.17) is 10.00 Å². The van der Waals surface area contributed by atoms with E-state index < -0.39 is 5.97 Å². The zero-order chi connectivity index (χ0) is 13.8. The molecule has 1 aromatic rings. The predicted octanol–water partition coefficient (Wildman–Crippen LogP) is 3.00. The number of carbonyl (C=O) groups excluding carboxylic acids is 1. The van der Waals surface area contributed by atoms with Gasteiger partial charge in [-0.1, -0.05) is 6.07 Å². The smallest absolute Gasteiger partial charge is 0.349 e. The molecular weight excluding hydrogens is 245 g/mol. The molecular formula is C15H14FNO2. The van der Waals surface area contributed by atoms with E-state index in [1.54, 1.807) is 13.0 Å². The van der Waals surface area contributed by atoms with Crippen molar-refractivity contribution in [2.45, 2.75) is 26.2 Å². The molecule has 0 saturated carbocycles. The van der Waals surface area contributed by atoms with Gasteiger partial charge in [0.1, 0.15) is 17.5 Å². The Hall–Kier alpha value is -2.15. The molecule has 0 aromatic heterocycles. The molecule has 3 nitrogen and oxygen atoms in total. The molecule has 98 valence electrons. The number of hydrogen-bond donors (Lipinski definition) is 0. The Morgan fingerprint density at radius 1 is 1.47 bits per heavy atom. The van der Waals surface area contributed by atoms with E-state index in [9.17, 15) is 9.18 Å². The number of halogens is 1. The molecule has 0 radical (unpaired) electrons. The van der Waals surface area contributed by atoms with E-state index in [-0.39, 0.29) is 18.0 Å². The minimum atomic E-state index is -0.628. The first kappa shape index (κ1) is 13.3. The van der Waals surface area contributed by atoms with Crippen LogP contribution in [0.4, 0.5) is 4.39 Å². The van der Waals surface area contributed by atoms with E-state index in [1.165, 1.54) is 12.1 Å². The van der Waals surface area contributed by atoms with Gasteiger partial charge in [0.15, 0.2) is 0 Å². The SMILES string of the molecule is CCOC(=O)/C(C#N)=C1/CCCc2ccc(F)cc21. The van der Waals surface area contributed by atoms with Crippen molar-refractivity contribution in [3.63, 3.8) is 0 Å². The Kier molecular flexibility index (Phi) is 3.96. The summed E-state index contributed by atoms with van der Waals surface area (Å²) in [4.78, 5) is 11.8. The molecule has 0 fully saturated rings. The maximum absolute atomic E-state index is 13.4. The second-order valence-electron chi connectivity index (χ2n) is 4.34. The summed E-state index contributed by atoms with van der Waals surface area (Å²) in [5.41, 5.74) is 2.23. The molecule has 1 aliphatic carbocycles. The topological polar surface area (TPSA) is 50.1 Å². The summed E-state index contributed by atoms with van der Waals surface area (Å²) < 4.78 is 18.2. The highest BCUT2D eigenvalue weighted by Gasteiger charge is 2.23. The summed E-state index contributed by atoms with van der Waals surface area (Å²) in [6, 6.07) is 6.40. The Balaban J connectivity index is 2.55. The average molecular weight is 259 g/mol. The van der Waals surface area contributed by atoms with Crippen LogP contribution in [-0.2, 0) is 16.0 Å². The van der Waals surface area contributed by atoms with E-state index in [0.29, 0.717) is 17.6 Å². The molecule has 2 rings (SSSR count). The van der Waals surface area contributed by atoms with E-state index in [2.05, 4.69) is 0 Å².